The van der Waals surface area contributed by atoms with E-state index in [4.69, 9.17) is 4.74 Å². The average molecular weight is 431 g/mol. The first-order valence-corrected chi connectivity index (χ1v) is 11.5. The van der Waals surface area contributed by atoms with Gasteiger partial charge in [0.25, 0.3) is 0 Å². The summed E-state index contributed by atoms with van der Waals surface area (Å²) in [5, 5.41) is 5.76. The van der Waals surface area contributed by atoms with E-state index in [0.29, 0.717) is 17.8 Å². The molecule has 2 heterocycles. The lowest BCUT2D eigenvalue weighted by Crippen LogP contribution is -2.51. The van der Waals surface area contributed by atoms with E-state index in [2.05, 4.69) is 27.0 Å². The van der Waals surface area contributed by atoms with Gasteiger partial charge < -0.3 is 15.4 Å². The smallest absolute Gasteiger partial charge is 0.338 e. The number of nitrogens with one attached hydrogen (secondary N) is 2. The molecule has 2 N–H and O–H groups in total. The summed E-state index contributed by atoms with van der Waals surface area (Å²) in [5.41, 5.74) is 1.95. The molecule has 2 amide bonds. The van der Waals surface area contributed by atoms with Crippen LogP contribution in [0.2, 0.25) is 0 Å². The van der Waals surface area contributed by atoms with Gasteiger partial charge in [0, 0.05) is 49.9 Å². The number of piperazine rings is 1. The Balaban J connectivity index is 1.87. The van der Waals surface area contributed by atoms with Crippen LogP contribution < -0.4 is 10.6 Å². The Hall–Kier alpha value is -2.29. The molecule has 0 aromatic heterocycles. The molecule has 0 saturated carbocycles. The van der Waals surface area contributed by atoms with Crippen molar-refractivity contribution in [2.45, 2.75) is 17.9 Å². The number of esters is 1. The highest BCUT2D eigenvalue weighted by Gasteiger charge is 2.34. The predicted octanol–water partition coefficient (Wildman–Crippen LogP) is 2.38. The molecule has 0 bridgehead atoms. The predicted molar refractivity (Wildman–Crippen MR) is 119 cm³/mol. The van der Waals surface area contributed by atoms with E-state index >= 15 is 0 Å². The highest BCUT2D eigenvalue weighted by Crippen LogP contribution is 2.29. The molecule has 1 fully saturated rings. The topological polar surface area (TPSA) is 73.9 Å². The fourth-order valence-corrected chi connectivity index (χ4v) is 4.18. The minimum absolute atomic E-state index is 0.280. The Labute approximate surface area is 182 Å². The van der Waals surface area contributed by atoms with Crippen molar-refractivity contribution in [3.63, 3.8) is 0 Å². The standard InChI is InChI=1S/C22H30N4O3S/c1-4-10-25-11-13-26(14-12-25)15-18-19(21(27)29-5-2)20(24-22(28)23-18)16-6-8-17(30-3)9-7-16/h4,6-9,20H,1,5,10-15H2,2-3H3,(H2,23,24,28)/t20-/m0/s1. The first-order chi connectivity index (χ1) is 14.5. The van der Waals surface area contributed by atoms with E-state index in [0.717, 1.165) is 43.2 Å². The monoisotopic (exact) mass is 430 g/mol. The SMILES string of the molecule is C=CCN1CCN(CC2=C(C(=O)OCC)[C@H](c3ccc(SC)cc3)NC(=O)N2)CC1. The Morgan fingerprint density at radius 2 is 1.90 bits per heavy atom. The van der Waals surface area contributed by atoms with Crippen molar-refractivity contribution in [1.82, 2.24) is 20.4 Å². The van der Waals surface area contributed by atoms with Gasteiger partial charge in [-0.15, -0.1) is 18.3 Å². The average Bonchev–Trinajstić information content (AvgIpc) is 2.75. The van der Waals surface area contributed by atoms with Crippen molar-refractivity contribution < 1.29 is 14.3 Å². The highest BCUT2D eigenvalue weighted by molar-refractivity contribution is 7.98. The lowest BCUT2D eigenvalue weighted by molar-refractivity contribution is -0.139. The van der Waals surface area contributed by atoms with Gasteiger partial charge in [-0.2, -0.15) is 0 Å². The lowest BCUT2D eigenvalue weighted by atomic mass is 9.95. The zero-order chi connectivity index (χ0) is 21.5. The van der Waals surface area contributed by atoms with E-state index in [9.17, 15) is 9.59 Å². The van der Waals surface area contributed by atoms with Crippen LogP contribution in [0.15, 0.2) is 53.1 Å². The minimum atomic E-state index is -0.536. The largest absolute Gasteiger partial charge is 0.463 e. The van der Waals surface area contributed by atoms with Crippen molar-refractivity contribution in [2.75, 3.05) is 52.1 Å². The first kappa shape index (κ1) is 22.4. The molecule has 1 aromatic rings. The van der Waals surface area contributed by atoms with E-state index in [-0.39, 0.29) is 12.6 Å². The number of benzene rings is 1. The molecule has 0 aliphatic carbocycles. The molecule has 1 aromatic carbocycles. The normalized spacial score (nSPS) is 20.5. The molecule has 8 heteroatoms. The number of nitrogens with zero attached hydrogens (tertiary/aromatic N) is 2. The van der Waals surface area contributed by atoms with Crippen molar-refractivity contribution in [3.8, 4) is 0 Å². The summed E-state index contributed by atoms with van der Waals surface area (Å²) in [4.78, 5) is 31.0. The second kappa shape index (κ2) is 10.7. The van der Waals surface area contributed by atoms with Crippen LogP contribution in [0.1, 0.15) is 18.5 Å². The summed E-state index contributed by atoms with van der Waals surface area (Å²) in [6.45, 7) is 10.8. The van der Waals surface area contributed by atoms with Crippen LogP contribution in [0, 0.1) is 0 Å². The molecule has 1 saturated heterocycles. The Kier molecular flexibility index (Phi) is 7.95. The van der Waals surface area contributed by atoms with Gasteiger partial charge in [-0.1, -0.05) is 18.2 Å². The fourth-order valence-electron chi connectivity index (χ4n) is 3.78. The van der Waals surface area contributed by atoms with Gasteiger partial charge in [0.05, 0.1) is 18.2 Å². The molecular formula is C22H30N4O3S. The molecular weight excluding hydrogens is 400 g/mol. The van der Waals surface area contributed by atoms with Gasteiger partial charge in [0.2, 0.25) is 0 Å². The number of amides is 2. The molecule has 0 spiro atoms. The molecule has 162 valence electrons. The van der Waals surface area contributed by atoms with Crippen LogP contribution in [-0.2, 0) is 9.53 Å². The first-order valence-electron chi connectivity index (χ1n) is 10.2. The number of rotatable bonds is 8. The summed E-state index contributed by atoms with van der Waals surface area (Å²) >= 11 is 1.65. The molecule has 0 unspecified atom stereocenters. The van der Waals surface area contributed by atoms with Gasteiger partial charge >= 0.3 is 12.0 Å². The van der Waals surface area contributed by atoms with E-state index < -0.39 is 12.0 Å². The Morgan fingerprint density at radius 1 is 1.23 bits per heavy atom. The van der Waals surface area contributed by atoms with Crippen molar-refractivity contribution >= 4 is 23.8 Å². The number of urea groups is 1. The lowest BCUT2D eigenvalue weighted by Gasteiger charge is -2.36. The maximum Gasteiger partial charge on any atom is 0.338 e. The molecule has 30 heavy (non-hydrogen) atoms. The zero-order valence-corrected chi connectivity index (χ0v) is 18.5. The third-order valence-electron chi connectivity index (χ3n) is 5.33. The van der Waals surface area contributed by atoms with E-state index in [1.807, 2.05) is 36.6 Å². The van der Waals surface area contributed by atoms with Crippen molar-refractivity contribution in [2.24, 2.45) is 0 Å². The van der Waals surface area contributed by atoms with Gasteiger partial charge in [-0.05, 0) is 30.9 Å². The molecule has 2 aliphatic heterocycles. The summed E-state index contributed by atoms with van der Waals surface area (Å²) in [6, 6.07) is 7.05. The maximum atomic E-state index is 12.9. The summed E-state index contributed by atoms with van der Waals surface area (Å²) < 4.78 is 5.35. The van der Waals surface area contributed by atoms with Crippen LogP contribution in [0.4, 0.5) is 4.79 Å². The number of thioether (sulfide) groups is 1. The quantitative estimate of drug-likeness (QED) is 0.375. The fraction of sp³-hybridized carbons (Fsp3) is 0.455. The third-order valence-corrected chi connectivity index (χ3v) is 6.08. The molecule has 3 rings (SSSR count). The molecule has 0 radical (unpaired) electrons. The van der Waals surface area contributed by atoms with E-state index in [1.165, 1.54) is 0 Å². The van der Waals surface area contributed by atoms with Crippen LogP contribution in [0.25, 0.3) is 0 Å². The molecule has 2 aliphatic rings. The van der Waals surface area contributed by atoms with Gasteiger partial charge in [0.15, 0.2) is 0 Å². The molecule has 7 nitrogen and oxygen atoms in total. The van der Waals surface area contributed by atoms with Gasteiger partial charge in [-0.25, -0.2) is 9.59 Å². The second-order valence-electron chi connectivity index (χ2n) is 7.28. The summed E-state index contributed by atoms with van der Waals surface area (Å²) in [6.07, 6.45) is 3.93. The van der Waals surface area contributed by atoms with Gasteiger partial charge in [0.1, 0.15) is 0 Å². The van der Waals surface area contributed by atoms with Gasteiger partial charge in [-0.3, -0.25) is 9.80 Å². The maximum absolute atomic E-state index is 12.9. The Bertz CT molecular complexity index is 801. The number of carbonyl (C=O) groups excluding carboxylic acids is 2. The third kappa shape index (κ3) is 5.44. The van der Waals surface area contributed by atoms with Crippen molar-refractivity contribution in [1.29, 1.82) is 0 Å². The summed E-state index contributed by atoms with van der Waals surface area (Å²) in [5.74, 6) is -0.399. The van der Waals surface area contributed by atoms with E-state index in [1.54, 1.807) is 18.7 Å². The van der Waals surface area contributed by atoms with Crippen LogP contribution in [0.3, 0.4) is 0 Å². The number of ether oxygens (including phenoxy) is 1. The van der Waals surface area contributed by atoms with Crippen LogP contribution in [0.5, 0.6) is 0 Å². The Morgan fingerprint density at radius 3 is 2.50 bits per heavy atom. The zero-order valence-electron chi connectivity index (χ0n) is 17.6. The van der Waals surface area contributed by atoms with Crippen molar-refractivity contribution in [3.05, 3.63) is 53.8 Å². The minimum Gasteiger partial charge on any atom is -0.463 e. The highest BCUT2D eigenvalue weighted by atomic mass is 32.2. The second-order valence-corrected chi connectivity index (χ2v) is 8.16. The number of carbonyl (C=O) groups is 2. The van der Waals surface area contributed by atoms with Crippen LogP contribution >= 0.6 is 11.8 Å². The number of hydrogen-bond donors (Lipinski definition) is 2. The molecule has 1 atom stereocenters. The number of hydrogen-bond acceptors (Lipinski definition) is 6. The van der Waals surface area contributed by atoms with Crippen LogP contribution in [-0.4, -0.2) is 73.9 Å². The summed E-state index contributed by atoms with van der Waals surface area (Å²) in [7, 11) is 0.